The third kappa shape index (κ3) is 3.21. The topological polar surface area (TPSA) is 78.3 Å². The Morgan fingerprint density at radius 1 is 1.71 bits per heavy atom. The fraction of sp³-hybridized carbons (Fsp3) is 0.667. The Labute approximate surface area is 41.4 Å². The fourth-order valence-corrected chi connectivity index (χ4v) is 0.177. The largest absolute Gasteiger partial charge is 0.373 e. The van der Waals surface area contributed by atoms with E-state index in [4.69, 9.17) is 5.73 Å². The Morgan fingerprint density at radius 2 is 2.29 bits per heavy atom. The predicted octanol–water partition coefficient (Wildman–Crippen LogP) is -1.25. The van der Waals surface area contributed by atoms with Crippen LogP contribution in [0.3, 0.4) is 0 Å². The fourth-order valence-electron chi connectivity index (χ4n) is 0.177. The molecule has 4 heteroatoms. The SMILES string of the molecule is NCCC(=O)ON. The van der Waals surface area contributed by atoms with Crippen LogP contribution in [0, 0.1) is 0 Å². The van der Waals surface area contributed by atoms with Gasteiger partial charge in [-0.25, -0.2) is 0 Å². The highest BCUT2D eigenvalue weighted by Gasteiger charge is 1.94. The molecule has 0 saturated carbocycles. The predicted molar refractivity (Wildman–Crippen MR) is 24.0 cm³/mol. The number of carbonyl (C=O) groups excluding carboxylic acids is 1. The Balaban J connectivity index is 3.00. The van der Waals surface area contributed by atoms with Gasteiger partial charge in [0.2, 0.25) is 0 Å². The number of hydrogen-bond acceptors (Lipinski definition) is 4. The second-order valence-electron chi connectivity index (χ2n) is 1.03. The first kappa shape index (κ1) is 6.39. The third-order valence-electron chi connectivity index (χ3n) is 0.480. The third-order valence-corrected chi connectivity index (χ3v) is 0.480. The van der Waals surface area contributed by atoms with Crippen LogP contribution in [0.5, 0.6) is 0 Å². The van der Waals surface area contributed by atoms with Gasteiger partial charge in [0.25, 0.3) is 0 Å². The molecule has 42 valence electrons. The normalized spacial score (nSPS) is 8.29. The zero-order valence-corrected chi connectivity index (χ0v) is 3.89. The second kappa shape index (κ2) is 3.58. The van der Waals surface area contributed by atoms with Crippen LogP contribution in [0.4, 0.5) is 0 Å². The summed E-state index contributed by atoms with van der Waals surface area (Å²) < 4.78 is 0. The van der Waals surface area contributed by atoms with Crippen molar-refractivity contribution in [2.24, 2.45) is 11.6 Å². The maximum absolute atomic E-state index is 9.98. The smallest absolute Gasteiger partial charge is 0.325 e. The maximum atomic E-state index is 9.98. The molecule has 0 aromatic heterocycles. The molecule has 0 unspecified atom stereocenters. The zero-order valence-electron chi connectivity index (χ0n) is 3.89. The molecule has 0 fully saturated rings. The van der Waals surface area contributed by atoms with Crippen LogP contribution in [0.2, 0.25) is 0 Å². The standard InChI is InChI=1S/C3H8N2O2/c4-2-1-3(6)7-5/h1-2,4-5H2. The van der Waals surface area contributed by atoms with E-state index in [1.807, 2.05) is 0 Å². The molecule has 0 aliphatic rings. The molecular formula is C3H8N2O2. The van der Waals surface area contributed by atoms with Gasteiger partial charge in [0, 0.05) is 6.54 Å². The van der Waals surface area contributed by atoms with Gasteiger partial charge in [-0.15, -0.1) is 0 Å². The first-order valence-corrected chi connectivity index (χ1v) is 1.91. The molecule has 0 aliphatic carbocycles. The van der Waals surface area contributed by atoms with Crippen LogP contribution < -0.4 is 11.6 Å². The molecule has 0 saturated heterocycles. The average Bonchev–Trinajstić information content (AvgIpc) is 1.68. The molecule has 0 heterocycles. The van der Waals surface area contributed by atoms with E-state index in [9.17, 15) is 4.79 Å². The van der Waals surface area contributed by atoms with Crippen LogP contribution in [0.1, 0.15) is 6.42 Å². The lowest BCUT2D eigenvalue weighted by atomic mass is 10.5. The molecule has 0 aliphatic heterocycles. The number of rotatable bonds is 2. The molecule has 0 aromatic carbocycles. The molecule has 0 bridgehead atoms. The lowest BCUT2D eigenvalue weighted by Gasteiger charge is -1.90. The molecule has 0 atom stereocenters. The van der Waals surface area contributed by atoms with Crippen molar-refractivity contribution < 1.29 is 9.63 Å². The summed E-state index contributed by atoms with van der Waals surface area (Å²) in [5.41, 5.74) is 4.95. The number of nitrogens with two attached hydrogens (primary N) is 2. The van der Waals surface area contributed by atoms with Crippen molar-refractivity contribution in [3.63, 3.8) is 0 Å². The van der Waals surface area contributed by atoms with Crippen molar-refractivity contribution in [1.82, 2.24) is 0 Å². The first-order chi connectivity index (χ1) is 3.31. The van der Waals surface area contributed by atoms with E-state index in [1.165, 1.54) is 0 Å². The quantitative estimate of drug-likeness (QED) is 0.429. The van der Waals surface area contributed by atoms with Crippen LogP contribution >= 0.6 is 0 Å². The molecule has 0 radical (unpaired) electrons. The van der Waals surface area contributed by atoms with E-state index < -0.39 is 5.97 Å². The van der Waals surface area contributed by atoms with Gasteiger partial charge in [0.1, 0.15) is 0 Å². The number of carbonyl (C=O) groups is 1. The minimum Gasteiger partial charge on any atom is -0.373 e. The summed E-state index contributed by atoms with van der Waals surface area (Å²) >= 11 is 0. The van der Waals surface area contributed by atoms with Gasteiger partial charge in [-0.1, -0.05) is 0 Å². The van der Waals surface area contributed by atoms with Gasteiger partial charge in [-0.2, -0.15) is 5.90 Å². The van der Waals surface area contributed by atoms with Gasteiger partial charge >= 0.3 is 5.97 Å². The van der Waals surface area contributed by atoms with Gasteiger partial charge < -0.3 is 10.6 Å². The van der Waals surface area contributed by atoms with Crippen molar-refractivity contribution in [1.29, 1.82) is 0 Å². The summed E-state index contributed by atoms with van der Waals surface area (Å²) in [4.78, 5) is 13.8. The van der Waals surface area contributed by atoms with Crippen LogP contribution in [0.15, 0.2) is 0 Å². The summed E-state index contributed by atoms with van der Waals surface area (Å²) in [5.74, 6) is 3.98. The maximum Gasteiger partial charge on any atom is 0.325 e. The highest BCUT2D eigenvalue weighted by Crippen LogP contribution is 1.74. The van der Waals surface area contributed by atoms with Crippen LogP contribution in [-0.4, -0.2) is 12.5 Å². The van der Waals surface area contributed by atoms with E-state index in [2.05, 4.69) is 10.7 Å². The molecule has 0 rings (SSSR count). The minimum atomic E-state index is -0.470. The summed E-state index contributed by atoms with van der Waals surface area (Å²) in [7, 11) is 0. The van der Waals surface area contributed by atoms with Crippen molar-refractivity contribution in [3.8, 4) is 0 Å². The Kier molecular flexibility index (Phi) is 3.26. The van der Waals surface area contributed by atoms with E-state index in [-0.39, 0.29) is 13.0 Å². The summed E-state index contributed by atoms with van der Waals surface area (Å²) in [6.45, 7) is 0.288. The lowest BCUT2D eigenvalue weighted by Crippen LogP contribution is -2.14. The highest BCUT2D eigenvalue weighted by molar-refractivity contribution is 5.68. The second-order valence-corrected chi connectivity index (χ2v) is 1.03. The van der Waals surface area contributed by atoms with Crippen LogP contribution in [0.25, 0.3) is 0 Å². The number of hydrogen-bond donors (Lipinski definition) is 2. The monoisotopic (exact) mass is 104 g/mol. The average molecular weight is 104 g/mol. The van der Waals surface area contributed by atoms with Gasteiger partial charge in [-0.05, 0) is 0 Å². The zero-order chi connectivity index (χ0) is 5.70. The molecule has 7 heavy (non-hydrogen) atoms. The lowest BCUT2D eigenvalue weighted by molar-refractivity contribution is -0.143. The van der Waals surface area contributed by atoms with E-state index >= 15 is 0 Å². The summed E-state index contributed by atoms with van der Waals surface area (Å²) in [5, 5.41) is 0. The molecule has 4 N–H and O–H groups in total. The molecule has 0 amide bonds. The highest BCUT2D eigenvalue weighted by atomic mass is 16.7. The molecule has 0 aromatic rings. The Bertz CT molecular complexity index is 64.0. The van der Waals surface area contributed by atoms with Crippen molar-refractivity contribution >= 4 is 5.97 Å². The van der Waals surface area contributed by atoms with Gasteiger partial charge in [-0.3, -0.25) is 4.79 Å². The Hall–Kier alpha value is -0.610. The van der Waals surface area contributed by atoms with Gasteiger partial charge in [0.05, 0.1) is 6.42 Å². The van der Waals surface area contributed by atoms with E-state index in [0.29, 0.717) is 0 Å². The van der Waals surface area contributed by atoms with E-state index in [0.717, 1.165) is 0 Å². The van der Waals surface area contributed by atoms with Gasteiger partial charge in [0.15, 0.2) is 0 Å². The Morgan fingerprint density at radius 3 is 2.43 bits per heavy atom. The molecule has 0 spiro atoms. The van der Waals surface area contributed by atoms with Crippen LogP contribution in [-0.2, 0) is 9.63 Å². The first-order valence-electron chi connectivity index (χ1n) is 1.91. The van der Waals surface area contributed by atoms with E-state index in [1.54, 1.807) is 0 Å². The summed E-state index contributed by atoms with van der Waals surface area (Å²) in [6, 6.07) is 0. The molecular weight excluding hydrogens is 96.0 g/mol. The molecule has 4 nitrogen and oxygen atoms in total. The summed E-state index contributed by atoms with van der Waals surface area (Å²) in [6.07, 6.45) is 0.191. The van der Waals surface area contributed by atoms with Crippen molar-refractivity contribution in [2.75, 3.05) is 6.54 Å². The van der Waals surface area contributed by atoms with Crippen molar-refractivity contribution in [3.05, 3.63) is 0 Å². The minimum absolute atomic E-state index is 0.191. The van der Waals surface area contributed by atoms with Crippen molar-refractivity contribution in [2.45, 2.75) is 6.42 Å².